The van der Waals surface area contributed by atoms with Gasteiger partial charge in [0.2, 0.25) is 5.13 Å². The van der Waals surface area contributed by atoms with Gasteiger partial charge < -0.3 is 9.47 Å². The number of aromatic nitrogens is 2. The summed E-state index contributed by atoms with van der Waals surface area (Å²) in [5.74, 6) is 0.505. The van der Waals surface area contributed by atoms with Gasteiger partial charge in [0.25, 0.3) is 5.91 Å². The van der Waals surface area contributed by atoms with E-state index < -0.39 is 5.91 Å². The second-order valence-corrected chi connectivity index (χ2v) is 8.76. The molecule has 0 aliphatic rings. The van der Waals surface area contributed by atoms with Crippen LogP contribution in [-0.2, 0) is 17.8 Å². The lowest BCUT2D eigenvalue weighted by Gasteiger charge is -2.14. The van der Waals surface area contributed by atoms with E-state index in [1.807, 2.05) is 49.4 Å². The summed E-state index contributed by atoms with van der Waals surface area (Å²) in [6.45, 7) is 2.31. The molecule has 1 aromatic heterocycles. The standard InChI is InChI=1S/C28H24N4O3S/c1-3-26-31-32-28(36-26)30-27(33)22(17-29)15-19-13-14-24(25(16-19)34-2)35-18-21-11-7-8-12-23(21)20-9-5-4-6-10-20/h4-16H,3,18H2,1-2H3,(H,30,32,33)/b22-15+. The molecule has 1 heterocycles. The number of carbonyl (C=O) groups excluding carboxylic acids is 1. The highest BCUT2D eigenvalue weighted by Gasteiger charge is 2.14. The number of nitrogens with one attached hydrogen (secondary N) is 1. The maximum absolute atomic E-state index is 12.6. The molecular formula is C28H24N4O3S. The molecule has 1 N–H and O–H groups in total. The van der Waals surface area contributed by atoms with Crippen molar-refractivity contribution in [3.63, 3.8) is 0 Å². The fourth-order valence-electron chi connectivity index (χ4n) is 3.52. The topological polar surface area (TPSA) is 97.1 Å². The van der Waals surface area contributed by atoms with Gasteiger partial charge >= 0.3 is 0 Å². The van der Waals surface area contributed by atoms with Gasteiger partial charge in [0.05, 0.1) is 7.11 Å². The van der Waals surface area contributed by atoms with Crippen molar-refractivity contribution in [3.05, 3.63) is 94.5 Å². The Labute approximate surface area is 213 Å². The van der Waals surface area contributed by atoms with Crippen LogP contribution >= 0.6 is 11.3 Å². The van der Waals surface area contributed by atoms with Crippen LogP contribution in [0.4, 0.5) is 5.13 Å². The third-order valence-electron chi connectivity index (χ3n) is 5.34. The summed E-state index contributed by atoms with van der Waals surface area (Å²) in [4.78, 5) is 12.6. The van der Waals surface area contributed by atoms with E-state index in [0.717, 1.165) is 28.1 Å². The fraction of sp³-hybridized carbons (Fsp3) is 0.143. The maximum Gasteiger partial charge on any atom is 0.268 e. The van der Waals surface area contributed by atoms with E-state index in [9.17, 15) is 10.1 Å². The molecule has 0 atom stereocenters. The molecular weight excluding hydrogens is 472 g/mol. The molecule has 1 amide bonds. The monoisotopic (exact) mass is 496 g/mol. The number of hydrogen-bond acceptors (Lipinski definition) is 7. The van der Waals surface area contributed by atoms with E-state index in [0.29, 0.717) is 28.8 Å². The van der Waals surface area contributed by atoms with Gasteiger partial charge in [-0.05, 0) is 46.9 Å². The van der Waals surface area contributed by atoms with E-state index in [2.05, 4.69) is 33.7 Å². The Bertz CT molecular complexity index is 1420. The highest BCUT2D eigenvalue weighted by molar-refractivity contribution is 7.15. The van der Waals surface area contributed by atoms with Gasteiger partial charge in [-0.1, -0.05) is 78.9 Å². The molecule has 3 aromatic carbocycles. The summed E-state index contributed by atoms with van der Waals surface area (Å²) in [5.41, 5.74) is 3.83. The first-order valence-corrected chi connectivity index (χ1v) is 12.1. The minimum absolute atomic E-state index is 0.0595. The van der Waals surface area contributed by atoms with E-state index in [-0.39, 0.29) is 5.57 Å². The van der Waals surface area contributed by atoms with Crippen molar-refractivity contribution in [1.82, 2.24) is 10.2 Å². The molecule has 0 aliphatic carbocycles. The SMILES string of the molecule is CCc1nnc(NC(=O)/C(C#N)=C/c2ccc(OCc3ccccc3-c3ccccc3)c(OC)c2)s1. The van der Waals surface area contributed by atoms with Crippen LogP contribution in [0.2, 0.25) is 0 Å². The largest absolute Gasteiger partial charge is 0.493 e. The van der Waals surface area contributed by atoms with Crippen LogP contribution in [0.15, 0.2) is 78.4 Å². The Morgan fingerprint density at radius 1 is 1.06 bits per heavy atom. The molecule has 0 bridgehead atoms. The number of anilines is 1. The molecule has 0 saturated carbocycles. The number of hydrogen-bond donors (Lipinski definition) is 1. The summed E-state index contributed by atoms with van der Waals surface area (Å²) in [7, 11) is 1.55. The number of benzene rings is 3. The number of amides is 1. The normalized spacial score (nSPS) is 11.0. The zero-order valence-corrected chi connectivity index (χ0v) is 20.7. The Balaban J connectivity index is 1.50. The lowest BCUT2D eigenvalue weighted by Crippen LogP contribution is -2.13. The molecule has 36 heavy (non-hydrogen) atoms. The van der Waals surface area contributed by atoms with Crippen LogP contribution in [-0.4, -0.2) is 23.2 Å². The molecule has 0 unspecified atom stereocenters. The van der Waals surface area contributed by atoms with Crippen LogP contribution < -0.4 is 14.8 Å². The molecule has 4 rings (SSSR count). The summed E-state index contributed by atoms with van der Waals surface area (Å²) in [5, 5.41) is 21.2. The molecule has 180 valence electrons. The number of rotatable bonds is 9. The molecule has 0 aliphatic heterocycles. The summed E-state index contributed by atoms with van der Waals surface area (Å²) >= 11 is 1.28. The van der Waals surface area contributed by atoms with Crippen LogP contribution in [0.1, 0.15) is 23.1 Å². The number of ether oxygens (including phenoxy) is 2. The first kappa shape index (κ1) is 24.6. The lowest BCUT2D eigenvalue weighted by molar-refractivity contribution is -0.112. The smallest absolute Gasteiger partial charge is 0.268 e. The fourth-order valence-corrected chi connectivity index (χ4v) is 4.20. The Kier molecular flexibility index (Phi) is 8.06. The average molecular weight is 497 g/mol. The van der Waals surface area contributed by atoms with E-state index in [4.69, 9.17) is 9.47 Å². The number of methoxy groups -OCH3 is 1. The van der Waals surface area contributed by atoms with Gasteiger partial charge in [0, 0.05) is 0 Å². The van der Waals surface area contributed by atoms with Gasteiger partial charge in [-0.2, -0.15) is 5.26 Å². The first-order chi connectivity index (χ1) is 17.6. The van der Waals surface area contributed by atoms with E-state index in [1.54, 1.807) is 25.3 Å². The highest BCUT2D eigenvalue weighted by Crippen LogP contribution is 2.31. The zero-order chi connectivity index (χ0) is 25.3. The number of carbonyl (C=O) groups is 1. The zero-order valence-electron chi connectivity index (χ0n) is 19.9. The van der Waals surface area contributed by atoms with Crippen LogP contribution in [0.25, 0.3) is 17.2 Å². The van der Waals surface area contributed by atoms with Crippen molar-refractivity contribution >= 4 is 28.5 Å². The predicted molar refractivity (Wildman–Crippen MR) is 141 cm³/mol. The minimum atomic E-state index is -0.548. The van der Waals surface area contributed by atoms with Gasteiger partial charge in [0.15, 0.2) is 11.5 Å². The van der Waals surface area contributed by atoms with Crippen molar-refractivity contribution < 1.29 is 14.3 Å². The maximum atomic E-state index is 12.6. The number of aryl methyl sites for hydroxylation is 1. The molecule has 4 aromatic rings. The second-order valence-electron chi connectivity index (χ2n) is 7.70. The van der Waals surface area contributed by atoms with Gasteiger partial charge in [0.1, 0.15) is 23.3 Å². The average Bonchev–Trinajstić information content (AvgIpc) is 3.38. The molecule has 0 saturated heterocycles. The molecule has 8 heteroatoms. The van der Waals surface area contributed by atoms with Crippen molar-refractivity contribution in [2.24, 2.45) is 0 Å². The molecule has 7 nitrogen and oxygen atoms in total. The lowest BCUT2D eigenvalue weighted by atomic mass is 10.0. The Hall–Kier alpha value is -4.48. The quantitative estimate of drug-likeness (QED) is 0.229. The summed E-state index contributed by atoms with van der Waals surface area (Å²) in [6, 6.07) is 25.4. The van der Waals surface area contributed by atoms with Crippen LogP contribution in [0.5, 0.6) is 11.5 Å². The Morgan fingerprint density at radius 3 is 2.56 bits per heavy atom. The van der Waals surface area contributed by atoms with E-state index >= 15 is 0 Å². The highest BCUT2D eigenvalue weighted by atomic mass is 32.1. The number of nitrogens with zero attached hydrogens (tertiary/aromatic N) is 3. The van der Waals surface area contributed by atoms with Gasteiger partial charge in [-0.15, -0.1) is 10.2 Å². The second kappa shape index (κ2) is 11.8. The summed E-state index contributed by atoms with van der Waals surface area (Å²) < 4.78 is 11.6. The van der Waals surface area contributed by atoms with Crippen molar-refractivity contribution in [3.8, 4) is 28.7 Å². The van der Waals surface area contributed by atoms with Crippen molar-refractivity contribution in [2.45, 2.75) is 20.0 Å². The molecule has 0 spiro atoms. The van der Waals surface area contributed by atoms with Gasteiger partial charge in [-0.25, -0.2) is 0 Å². The van der Waals surface area contributed by atoms with Crippen LogP contribution in [0, 0.1) is 11.3 Å². The first-order valence-electron chi connectivity index (χ1n) is 11.3. The van der Waals surface area contributed by atoms with Crippen molar-refractivity contribution in [1.29, 1.82) is 5.26 Å². The molecule has 0 radical (unpaired) electrons. The third-order valence-corrected chi connectivity index (χ3v) is 6.32. The molecule has 0 fully saturated rings. The number of nitriles is 1. The minimum Gasteiger partial charge on any atom is -0.493 e. The van der Waals surface area contributed by atoms with Crippen LogP contribution in [0.3, 0.4) is 0 Å². The van der Waals surface area contributed by atoms with Gasteiger partial charge in [-0.3, -0.25) is 10.1 Å². The van der Waals surface area contributed by atoms with Crippen molar-refractivity contribution in [2.75, 3.05) is 12.4 Å². The van der Waals surface area contributed by atoms with E-state index in [1.165, 1.54) is 17.4 Å². The Morgan fingerprint density at radius 2 is 1.83 bits per heavy atom. The third kappa shape index (κ3) is 5.95. The predicted octanol–water partition coefficient (Wildman–Crippen LogP) is 5.90. The summed E-state index contributed by atoms with van der Waals surface area (Å²) in [6.07, 6.45) is 2.22.